The summed E-state index contributed by atoms with van der Waals surface area (Å²) in [5.41, 5.74) is 1.58. The summed E-state index contributed by atoms with van der Waals surface area (Å²) in [5, 5.41) is 0. The van der Waals surface area contributed by atoms with Crippen molar-refractivity contribution in [3.05, 3.63) is 35.9 Å². The molecule has 0 bridgehead atoms. The number of hydrogen-bond acceptors (Lipinski definition) is 2. The predicted octanol–water partition coefficient (Wildman–Crippen LogP) is 3.25. The number of ether oxygens (including phenoxy) is 1. The summed E-state index contributed by atoms with van der Waals surface area (Å²) in [5.74, 6) is -0.0683. The smallest absolute Gasteiger partial charge is 0.305 e. The summed E-state index contributed by atoms with van der Waals surface area (Å²) in [4.78, 5) is 11.4. The molecule has 0 aliphatic heterocycles. The van der Waals surface area contributed by atoms with Gasteiger partial charge in [-0.3, -0.25) is 4.79 Å². The normalized spacial score (nSPS) is 17.2. The van der Waals surface area contributed by atoms with Crippen molar-refractivity contribution in [1.29, 1.82) is 0 Å². The Morgan fingerprint density at radius 1 is 1.41 bits per heavy atom. The van der Waals surface area contributed by atoms with Crippen molar-refractivity contribution >= 4 is 5.97 Å². The Morgan fingerprint density at radius 2 is 2.12 bits per heavy atom. The Bertz CT molecular complexity index is 366. The summed E-state index contributed by atoms with van der Waals surface area (Å²) in [6.45, 7) is 2.33. The van der Waals surface area contributed by atoms with Crippen LogP contribution in [-0.4, -0.2) is 12.6 Å². The van der Waals surface area contributed by atoms with Crippen molar-refractivity contribution in [2.24, 2.45) is 0 Å². The van der Waals surface area contributed by atoms with Gasteiger partial charge in [-0.05, 0) is 43.2 Å². The van der Waals surface area contributed by atoms with Crippen LogP contribution < -0.4 is 0 Å². The van der Waals surface area contributed by atoms with Gasteiger partial charge in [0, 0.05) is 6.42 Å². The minimum Gasteiger partial charge on any atom is -0.466 e. The Balaban J connectivity index is 1.99. The molecule has 0 amide bonds. The van der Waals surface area contributed by atoms with E-state index in [1.165, 1.54) is 24.8 Å². The van der Waals surface area contributed by atoms with Crippen molar-refractivity contribution in [3.63, 3.8) is 0 Å². The van der Waals surface area contributed by atoms with Crippen LogP contribution in [0.4, 0.5) is 0 Å². The molecule has 0 saturated heterocycles. The van der Waals surface area contributed by atoms with E-state index in [1.54, 1.807) is 0 Å². The molecule has 1 aliphatic rings. The molecule has 1 saturated carbocycles. The fraction of sp³-hybridized carbons (Fsp3) is 0.533. The predicted molar refractivity (Wildman–Crippen MR) is 66.7 cm³/mol. The van der Waals surface area contributed by atoms with Gasteiger partial charge in [-0.25, -0.2) is 0 Å². The van der Waals surface area contributed by atoms with Gasteiger partial charge in [0.1, 0.15) is 0 Å². The number of esters is 1. The number of rotatable bonds is 5. The highest BCUT2D eigenvalue weighted by Gasteiger charge is 2.38. The highest BCUT2D eigenvalue weighted by atomic mass is 16.5. The van der Waals surface area contributed by atoms with E-state index < -0.39 is 0 Å². The summed E-state index contributed by atoms with van der Waals surface area (Å²) in [6, 6.07) is 11.2. The Labute approximate surface area is 103 Å². The first-order chi connectivity index (χ1) is 8.27. The van der Waals surface area contributed by atoms with E-state index >= 15 is 0 Å². The van der Waals surface area contributed by atoms with Crippen LogP contribution in [0.25, 0.3) is 0 Å². The third-order valence-electron chi connectivity index (χ3n) is 3.75. The molecule has 91 valence electrons. The summed E-state index contributed by atoms with van der Waals surface area (Å²) in [6.07, 6.45) is 5.09. The van der Waals surface area contributed by atoms with Gasteiger partial charge in [0.2, 0.25) is 0 Å². The molecule has 0 spiro atoms. The molecule has 0 aromatic heterocycles. The van der Waals surface area contributed by atoms with E-state index in [1.807, 2.05) is 19.1 Å². The summed E-state index contributed by atoms with van der Waals surface area (Å²) < 4.78 is 5.00. The van der Waals surface area contributed by atoms with Gasteiger partial charge >= 0.3 is 5.97 Å². The number of carbonyl (C=O) groups excluding carboxylic acids is 1. The molecule has 0 unspecified atom stereocenters. The lowest BCUT2D eigenvalue weighted by molar-refractivity contribution is -0.143. The molecule has 1 aliphatic carbocycles. The SMILES string of the molecule is CCOC(=O)CCC1(c2cc[c]cc2)CCC1. The van der Waals surface area contributed by atoms with Crippen molar-refractivity contribution in [2.75, 3.05) is 6.61 Å². The van der Waals surface area contributed by atoms with Crippen LogP contribution in [-0.2, 0) is 14.9 Å². The highest BCUT2D eigenvalue weighted by molar-refractivity contribution is 5.69. The first kappa shape index (κ1) is 12.2. The Morgan fingerprint density at radius 3 is 2.65 bits per heavy atom. The van der Waals surface area contributed by atoms with Crippen LogP contribution in [0.1, 0.15) is 44.6 Å². The molecule has 17 heavy (non-hydrogen) atoms. The average Bonchev–Trinajstić information content (AvgIpc) is 2.29. The first-order valence-electron chi connectivity index (χ1n) is 6.39. The van der Waals surface area contributed by atoms with Crippen LogP contribution in [0.3, 0.4) is 0 Å². The van der Waals surface area contributed by atoms with Gasteiger partial charge in [0.25, 0.3) is 0 Å². The van der Waals surface area contributed by atoms with Crippen LogP contribution in [0.15, 0.2) is 24.3 Å². The molecule has 0 heterocycles. The van der Waals surface area contributed by atoms with Crippen LogP contribution in [0.5, 0.6) is 0 Å². The number of benzene rings is 1. The molecule has 1 fully saturated rings. The van der Waals surface area contributed by atoms with Gasteiger partial charge < -0.3 is 4.74 Å². The number of hydrogen-bond donors (Lipinski definition) is 0. The first-order valence-corrected chi connectivity index (χ1v) is 6.39. The largest absolute Gasteiger partial charge is 0.466 e. The van der Waals surface area contributed by atoms with Gasteiger partial charge in [-0.15, -0.1) is 0 Å². The monoisotopic (exact) mass is 231 g/mol. The molecule has 2 heteroatoms. The molecule has 2 nitrogen and oxygen atoms in total. The minimum atomic E-state index is -0.0683. The van der Waals surface area contributed by atoms with Gasteiger partial charge in [0.15, 0.2) is 0 Å². The third kappa shape index (κ3) is 2.68. The second-order valence-electron chi connectivity index (χ2n) is 4.73. The van der Waals surface area contributed by atoms with Gasteiger partial charge in [0.05, 0.1) is 6.61 Å². The molecular formula is C15H19O2. The lowest BCUT2D eigenvalue weighted by Gasteiger charge is -2.42. The second kappa shape index (κ2) is 5.35. The molecule has 1 radical (unpaired) electrons. The standard InChI is InChI=1S/C15H19O2/c1-2-17-14(16)9-12-15(10-6-11-15)13-7-4-3-5-8-13/h4-5,7-8H,2,6,9-12H2,1H3. The van der Waals surface area contributed by atoms with Gasteiger partial charge in [-0.2, -0.15) is 0 Å². The maximum absolute atomic E-state index is 11.4. The van der Waals surface area contributed by atoms with E-state index in [4.69, 9.17) is 4.74 Å². The zero-order valence-corrected chi connectivity index (χ0v) is 10.4. The van der Waals surface area contributed by atoms with Crippen molar-refractivity contribution < 1.29 is 9.53 Å². The quantitative estimate of drug-likeness (QED) is 0.727. The lowest BCUT2D eigenvalue weighted by atomic mass is 9.62. The molecule has 1 aromatic rings. The molecule has 1 aromatic carbocycles. The fourth-order valence-electron chi connectivity index (χ4n) is 2.60. The maximum Gasteiger partial charge on any atom is 0.305 e. The zero-order valence-electron chi connectivity index (χ0n) is 10.4. The van der Waals surface area contributed by atoms with Gasteiger partial charge in [-0.1, -0.05) is 30.7 Å². The zero-order chi connectivity index (χ0) is 12.1. The second-order valence-corrected chi connectivity index (χ2v) is 4.73. The van der Waals surface area contributed by atoms with E-state index in [0.29, 0.717) is 13.0 Å². The molecule has 2 rings (SSSR count). The summed E-state index contributed by atoms with van der Waals surface area (Å²) in [7, 11) is 0. The maximum atomic E-state index is 11.4. The van der Waals surface area contributed by atoms with Crippen molar-refractivity contribution in [1.82, 2.24) is 0 Å². The van der Waals surface area contributed by atoms with E-state index in [2.05, 4.69) is 18.2 Å². The minimum absolute atomic E-state index is 0.0683. The summed E-state index contributed by atoms with van der Waals surface area (Å²) >= 11 is 0. The fourth-order valence-corrected chi connectivity index (χ4v) is 2.60. The Kier molecular flexibility index (Phi) is 3.82. The third-order valence-corrected chi connectivity index (χ3v) is 3.75. The van der Waals surface area contributed by atoms with Crippen LogP contribution in [0, 0.1) is 6.07 Å². The molecule has 0 N–H and O–H groups in total. The van der Waals surface area contributed by atoms with Crippen LogP contribution in [0.2, 0.25) is 0 Å². The lowest BCUT2D eigenvalue weighted by Crippen LogP contribution is -2.34. The molecular weight excluding hydrogens is 212 g/mol. The van der Waals surface area contributed by atoms with E-state index in [-0.39, 0.29) is 11.4 Å². The van der Waals surface area contributed by atoms with Crippen molar-refractivity contribution in [3.8, 4) is 0 Å². The van der Waals surface area contributed by atoms with E-state index in [9.17, 15) is 4.79 Å². The highest BCUT2D eigenvalue weighted by Crippen LogP contribution is 2.47. The van der Waals surface area contributed by atoms with Crippen LogP contribution >= 0.6 is 0 Å². The topological polar surface area (TPSA) is 26.3 Å². The molecule has 0 atom stereocenters. The average molecular weight is 231 g/mol. The Hall–Kier alpha value is -1.31. The van der Waals surface area contributed by atoms with Crippen molar-refractivity contribution in [2.45, 2.75) is 44.4 Å². The van der Waals surface area contributed by atoms with E-state index in [0.717, 1.165) is 6.42 Å². The number of carbonyl (C=O) groups is 1.